The molecule has 0 aliphatic carbocycles. The number of amides is 1. The molecule has 0 fully saturated rings. The van der Waals surface area contributed by atoms with Gasteiger partial charge in [-0.2, -0.15) is 0 Å². The number of hydrogen-bond donors (Lipinski definition) is 1. The summed E-state index contributed by atoms with van der Waals surface area (Å²) in [7, 11) is 2.78. The van der Waals surface area contributed by atoms with Crippen molar-refractivity contribution in [2.24, 2.45) is 5.73 Å². The number of esters is 1. The summed E-state index contributed by atoms with van der Waals surface area (Å²) in [5.41, 5.74) is 6.62. The van der Waals surface area contributed by atoms with Crippen molar-refractivity contribution >= 4 is 12.1 Å². The Hall–Kier alpha value is -3.95. The van der Waals surface area contributed by atoms with Gasteiger partial charge in [0.15, 0.2) is 17.3 Å². The van der Waals surface area contributed by atoms with Crippen LogP contribution in [0.4, 0.5) is 4.79 Å². The number of carbonyl (C=O) groups is 2. The first kappa shape index (κ1) is 23.7. The molecule has 2 aromatic heterocycles. The van der Waals surface area contributed by atoms with Gasteiger partial charge in [-0.3, -0.25) is 0 Å². The Kier molecular flexibility index (Phi) is 7.96. The highest BCUT2D eigenvalue weighted by molar-refractivity contribution is 5.78. The number of carbonyl (C=O) groups excluding carboxylic acids is 2. The molecule has 0 bridgehead atoms. The van der Waals surface area contributed by atoms with Crippen molar-refractivity contribution < 1.29 is 37.4 Å². The summed E-state index contributed by atoms with van der Waals surface area (Å²) in [5.74, 6) is 2.03. The fourth-order valence-electron chi connectivity index (χ4n) is 3.19. The van der Waals surface area contributed by atoms with Crippen LogP contribution in [0.3, 0.4) is 0 Å². The van der Waals surface area contributed by atoms with E-state index in [2.05, 4.69) is 9.72 Å². The van der Waals surface area contributed by atoms with Crippen molar-refractivity contribution in [2.45, 2.75) is 38.9 Å². The lowest BCUT2D eigenvalue weighted by Crippen LogP contribution is -2.31. The third-order valence-electron chi connectivity index (χ3n) is 4.87. The summed E-state index contributed by atoms with van der Waals surface area (Å²) in [6.07, 6.45) is 0.948. The van der Waals surface area contributed by atoms with Crippen molar-refractivity contribution in [3.63, 3.8) is 0 Å². The number of furan rings is 1. The molecule has 0 saturated heterocycles. The Morgan fingerprint density at radius 3 is 2.67 bits per heavy atom. The maximum Gasteiger partial charge on any atom is 0.405 e. The van der Waals surface area contributed by atoms with Gasteiger partial charge in [-0.25, -0.2) is 14.6 Å². The Labute approximate surface area is 190 Å². The van der Waals surface area contributed by atoms with Crippen LogP contribution >= 0.6 is 0 Å². The largest absolute Gasteiger partial charge is 0.493 e. The van der Waals surface area contributed by atoms with Crippen molar-refractivity contribution in [3.8, 4) is 23.1 Å². The van der Waals surface area contributed by atoms with E-state index < -0.39 is 18.2 Å². The minimum absolute atomic E-state index is 0.191. The molecule has 0 saturated carbocycles. The number of primary amides is 1. The zero-order chi connectivity index (χ0) is 23.8. The normalized spacial score (nSPS) is 11.6. The van der Waals surface area contributed by atoms with Crippen LogP contribution in [0.5, 0.6) is 11.5 Å². The zero-order valence-corrected chi connectivity index (χ0v) is 18.7. The van der Waals surface area contributed by atoms with Gasteiger partial charge >= 0.3 is 12.1 Å². The van der Waals surface area contributed by atoms with Crippen LogP contribution in [0.25, 0.3) is 11.7 Å². The molecular formula is C23H26N2O8. The highest BCUT2D eigenvalue weighted by Crippen LogP contribution is 2.30. The van der Waals surface area contributed by atoms with Crippen LogP contribution in [0, 0.1) is 6.92 Å². The third-order valence-corrected chi connectivity index (χ3v) is 4.87. The van der Waals surface area contributed by atoms with Crippen LogP contribution in [-0.4, -0.2) is 37.4 Å². The highest BCUT2D eigenvalue weighted by Gasteiger charge is 2.22. The molecule has 1 aromatic carbocycles. The fraction of sp³-hybridized carbons (Fsp3) is 0.348. The molecule has 1 amide bonds. The van der Waals surface area contributed by atoms with Gasteiger partial charge in [0.1, 0.15) is 18.1 Å². The van der Waals surface area contributed by atoms with E-state index in [1.807, 2.05) is 19.1 Å². The van der Waals surface area contributed by atoms with Crippen LogP contribution in [0.15, 0.2) is 45.4 Å². The number of aryl methyl sites for hydroxylation is 2. The number of oxazole rings is 1. The van der Waals surface area contributed by atoms with Crippen molar-refractivity contribution in [1.82, 2.24) is 4.98 Å². The molecule has 0 spiro atoms. The van der Waals surface area contributed by atoms with E-state index in [9.17, 15) is 9.59 Å². The molecule has 33 heavy (non-hydrogen) atoms. The van der Waals surface area contributed by atoms with E-state index in [-0.39, 0.29) is 13.0 Å². The topological polar surface area (TPSA) is 136 Å². The van der Waals surface area contributed by atoms with Crippen molar-refractivity contribution in [3.05, 3.63) is 53.6 Å². The monoisotopic (exact) mass is 458 g/mol. The molecule has 0 unspecified atom stereocenters. The molecular weight excluding hydrogens is 432 g/mol. The van der Waals surface area contributed by atoms with Gasteiger partial charge in [-0.1, -0.05) is 6.07 Å². The molecule has 0 aliphatic rings. The second kappa shape index (κ2) is 11.1. The second-order valence-electron chi connectivity index (χ2n) is 7.11. The second-order valence-corrected chi connectivity index (χ2v) is 7.11. The predicted molar refractivity (Wildman–Crippen MR) is 116 cm³/mol. The van der Waals surface area contributed by atoms with E-state index in [1.165, 1.54) is 7.11 Å². The number of methoxy groups -OCH3 is 2. The van der Waals surface area contributed by atoms with E-state index in [1.54, 1.807) is 31.6 Å². The molecule has 10 heteroatoms. The summed E-state index contributed by atoms with van der Waals surface area (Å²) < 4.78 is 31.8. The molecule has 3 rings (SSSR count). The molecule has 1 atom stereocenters. The standard InChI is InChI=1S/C23H26N2O8/c1-14-16(25-21(32-14)18-8-5-11-30-18)13-31-17-10-9-15(12-20(17)28-2)6-4-7-19(22(26)29-3)33-23(24)27/h5,8-12,19H,4,6-7,13H2,1-3H3,(H2,24,27)/t19-/m1/s1. The van der Waals surface area contributed by atoms with Crippen LogP contribution < -0.4 is 15.2 Å². The van der Waals surface area contributed by atoms with Gasteiger partial charge in [0, 0.05) is 0 Å². The summed E-state index contributed by atoms with van der Waals surface area (Å²) in [5, 5.41) is 0. The SMILES string of the molecule is COC(=O)[C@@H](CCCc1ccc(OCc2nc(-c3ccco3)oc2C)c(OC)c1)OC(N)=O. The van der Waals surface area contributed by atoms with Crippen molar-refractivity contribution in [1.29, 1.82) is 0 Å². The van der Waals surface area contributed by atoms with Gasteiger partial charge < -0.3 is 33.5 Å². The maximum atomic E-state index is 11.7. The maximum absolute atomic E-state index is 11.7. The highest BCUT2D eigenvalue weighted by atomic mass is 16.6. The zero-order valence-electron chi connectivity index (χ0n) is 18.7. The Balaban J connectivity index is 1.59. The average Bonchev–Trinajstić information content (AvgIpc) is 3.46. The van der Waals surface area contributed by atoms with Crippen LogP contribution in [-0.2, 0) is 27.3 Å². The van der Waals surface area contributed by atoms with Crippen LogP contribution in [0.1, 0.15) is 29.9 Å². The number of aromatic nitrogens is 1. The predicted octanol–water partition coefficient (Wildman–Crippen LogP) is 3.79. The summed E-state index contributed by atoms with van der Waals surface area (Å²) in [6.45, 7) is 2.00. The molecule has 2 N–H and O–H groups in total. The number of rotatable bonds is 11. The Morgan fingerprint density at radius 1 is 1.18 bits per heavy atom. The lowest BCUT2D eigenvalue weighted by atomic mass is 10.1. The molecule has 2 heterocycles. The van der Waals surface area contributed by atoms with Crippen LogP contribution in [0.2, 0.25) is 0 Å². The van der Waals surface area contributed by atoms with Gasteiger partial charge in [-0.15, -0.1) is 0 Å². The van der Waals surface area contributed by atoms with E-state index in [0.717, 1.165) is 5.56 Å². The van der Waals surface area contributed by atoms with Gasteiger partial charge in [0.05, 0.1) is 20.5 Å². The smallest absolute Gasteiger partial charge is 0.405 e. The number of nitrogens with two attached hydrogens (primary N) is 1. The van der Waals surface area contributed by atoms with Crippen molar-refractivity contribution in [2.75, 3.05) is 14.2 Å². The molecule has 0 aliphatic heterocycles. The quantitative estimate of drug-likeness (QED) is 0.425. The Bertz CT molecular complexity index is 1070. The first-order valence-electron chi connectivity index (χ1n) is 10.2. The van der Waals surface area contributed by atoms with Gasteiger partial charge in [0.2, 0.25) is 6.10 Å². The van der Waals surface area contributed by atoms with E-state index >= 15 is 0 Å². The third kappa shape index (κ3) is 6.28. The summed E-state index contributed by atoms with van der Waals surface area (Å²) in [4.78, 5) is 27.1. The number of ether oxygens (including phenoxy) is 4. The lowest BCUT2D eigenvalue weighted by Gasteiger charge is -2.15. The molecule has 0 radical (unpaired) electrons. The number of nitrogens with zero attached hydrogens (tertiary/aromatic N) is 1. The summed E-state index contributed by atoms with van der Waals surface area (Å²) >= 11 is 0. The van der Waals surface area contributed by atoms with Gasteiger partial charge in [0.25, 0.3) is 5.89 Å². The molecule has 176 valence electrons. The first-order valence-corrected chi connectivity index (χ1v) is 10.2. The minimum atomic E-state index is -1.03. The van der Waals surface area contributed by atoms with E-state index in [4.69, 9.17) is 28.8 Å². The molecule has 3 aromatic rings. The first-order chi connectivity index (χ1) is 15.9. The fourth-order valence-corrected chi connectivity index (χ4v) is 3.19. The number of hydrogen-bond acceptors (Lipinski definition) is 9. The Morgan fingerprint density at radius 2 is 2.00 bits per heavy atom. The molecule has 10 nitrogen and oxygen atoms in total. The van der Waals surface area contributed by atoms with Gasteiger partial charge in [-0.05, 0) is 56.0 Å². The minimum Gasteiger partial charge on any atom is -0.493 e. The lowest BCUT2D eigenvalue weighted by molar-refractivity contribution is -0.150. The average molecular weight is 458 g/mol. The van der Waals surface area contributed by atoms with E-state index in [0.29, 0.717) is 47.4 Å². The number of benzene rings is 1. The summed E-state index contributed by atoms with van der Waals surface area (Å²) in [6, 6.07) is 9.07.